The molecular weight excluding hydrogens is 240 g/mol. The van der Waals surface area contributed by atoms with Crippen molar-refractivity contribution < 1.29 is 0 Å². The van der Waals surface area contributed by atoms with Crippen molar-refractivity contribution >= 4 is 0 Å². The lowest BCUT2D eigenvalue weighted by molar-refractivity contribution is 0.365. The lowest BCUT2D eigenvalue weighted by Gasteiger charge is -2.18. The summed E-state index contributed by atoms with van der Waals surface area (Å²) < 4.78 is 0. The van der Waals surface area contributed by atoms with Crippen LogP contribution in [0.3, 0.4) is 0 Å². The summed E-state index contributed by atoms with van der Waals surface area (Å²) in [4.78, 5) is 0. The lowest BCUT2D eigenvalue weighted by atomic mass is 9.88. The smallest absolute Gasteiger partial charge is 0.00107 e. The van der Waals surface area contributed by atoms with Crippen LogP contribution in [0.2, 0.25) is 0 Å². The summed E-state index contributed by atoms with van der Waals surface area (Å²) in [5.41, 5.74) is 7.98. The Kier molecular flexibility index (Phi) is 3.41. The van der Waals surface area contributed by atoms with Gasteiger partial charge in [-0.05, 0) is 58.9 Å². The van der Waals surface area contributed by atoms with Gasteiger partial charge < -0.3 is 0 Å². The largest absolute Gasteiger partial charge is 0.0619 e. The van der Waals surface area contributed by atoms with Gasteiger partial charge in [-0.25, -0.2) is 0 Å². The molecule has 2 aromatic carbocycles. The molecule has 0 unspecified atom stereocenters. The van der Waals surface area contributed by atoms with E-state index in [-0.39, 0.29) is 0 Å². The van der Waals surface area contributed by atoms with Gasteiger partial charge in [0.1, 0.15) is 0 Å². The van der Waals surface area contributed by atoms with Gasteiger partial charge in [0.2, 0.25) is 0 Å². The molecule has 2 aromatic rings. The Labute approximate surface area is 122 Å². The van der Waals surface area contributed by atoms with Crippen LogP contribution in [0.5, 0.6) is 0 Å². The van der Waals surface area contributed by atoms with Crippen LogP contribution in [-0.2, 0) is 12.8 Å². The Morgan fingerprint density at radius 3 is 2.45 bits per heavy atom. The van der Waals surface area contributed by atoms with Gasteiger partial charge in [-0.1, -0.05) is 63.2 Å². The normalized spacial score (nSPS) is 13.2. The summed E-state index contributed by atoms with van der Waals surface area (Å²) in [5, 5.41) is 0. The summed E-state index contributed by atoms with van der Waals surface area (Å²) in [6.45, 7) is 6.99. The third-order valence-corrected chi connectivity index (χ3v) is 4.32. The molecule has 0 radical (unpaired) electrons. The van der Waals surface area contributed by atoms with Gasteiger partial charge in [0, 0.05) is 0 Å². The van der Waals surface area contributed by atoms with E-state index in [9.17, 15) is 0 Å². The van der Waals surface area contributed by atoms with Crippen LogP contribution < -0.4 is 0 Å². The first-order valence-electron chi connectivity index (χ1n) is 7.74. The van der Waals surface area contributed by atoms with Crippen LogP contribution in [-0.4, -0.2) is 0 Å². The van der Waals surface area contributed by atoms with E-state index < -0.39 is 0 Å². The number of rotatable bonds is 3. The van der Waals surface area contributed by atoms with E-state index in [1.807, 2.05) is 0 Å². The second-order valence-electron chi connectivity index (χ2n) is 7.19. The van der Waals surface area contributed by atoms with E-state index in [1.165, 1.54) is 36.0 Å². The van der Waals surface area contributed by atoms with Crippen molar-refractivity contribution in [2.75, 3.05) is 0 Å². The highest BCUT2D eigenvalue weighted by molar-refractivity contribution is 5.77. The molecule has 0 fully saturated rings. The van der Waals surface area contributed by atoms with Gasteiger partial charge in [-0.15, -0.1) is 0 Å². The van der Waals surface area contributed by atoms with Crippen LogP contribution >= 0.6 is 0 Å². The summed E-state index contributed by atoms with van der Waals surface area (Å²) >= 11 is 0. The molecule has 0 saturated heterocycles. The van der Waals surface area contributed by atoms with Crippen molar-refractivity contribution in [3.8, 4) is 11.1 Å². The zero-order chi connectivity index (χ0) is 14.2. The van der Waals surface area contributed by atoms with Gasteiger partial charge in [0.15, 0.2) is 0 Å². The molecule has 0 saturated carbocycles. The number of hydrogen-bond donors (Lipinski definition) is 0. The molecule has 0 aliphatic heterocycles. The summed E-state index contributed by atoms with van der Waals surface area (Å²) in [5.74, 6) is 0. The lowest BCUT2D eigenvalue weighted by Crippen LogP contribution is -2.05. The van der Waals surface area contributed by atoms with Crippen molar-refractivity contribution in [2.24, 2.45) is 5.41 Å². The number of benzene rings is 2. The molecule has 1 aliphatic carbocycles. The molecule has 0 aromatic heterocycles. The molecule has 0 N–H and O–H groups in total. The zero-order valence-corrected chi connectivity index (χ0v) is 12.9. The highest BCUT2D eigenvalue weighted by atomic mass is 14.2. The second kappa shape index (κ2) is 5.09. The zero-order valence-electron chi connectivity index (χ0n) is 12.9. The van der Waals surface area contributed by atoms with Gasteiger partial charge in [0.05, 0.1) is 0 Å². The van der Waals surface area contributed by atoms with Crippen molar-refractivity contribution in [1.29, 1.82) is 0 Å². The standard InChI is InChI=1S/C20H24/c1-20(2,3)13-7-10-15-9-6-12-18-17-11-5-4-8-16(17)14-19(15)18/h4-6,8-9,11-12H,7,10,13-14H2,1-3H3. The van der Waals surface area contributed by atoms with E-state index in [0.717, 1.165) is 6.42 Å². The third-order valence-electron chi connectivity index (χ3n) is 4.32. The molecule has 0 spiro atoms. The Morgan fingerprint density at radius 1 is 0.900 bits per heavy atom. The molecule has 104 valence electrons. The summed E-state index contributed by atoms with van der Waals surface area (Å²) in [7, 11) is 0. The van der Waals surface area contributed by atoms with Gasteiger partial charge in [-0.3, -0.25) is 0 Å². The maximum atomic E-state index is 2.33. The van der Waals surface area contributed by atoms with Crippen LogP contribution in [0.4, 0.5) is 0 Å². The first-order chi connectivity index (χ1) is 9.54. The summed E-state index contributed by atoms with van der Waals surface area (Å²) in [6, 6.07) is 15.7. The number of aryl methyl sites for hydroxylation is 1. The van der Waals surface area contributed by atoms with Crippen LogP contribution in [0.15, 0.2) is 42.5 Å². The van der Waals surface area contributed by atoms with E-state index in [1.54, 1.807) is 11.1 Å². The topological polar surface area (TPSA) is 0 Å². The predicted octanol–water partition coefficient (Wildman–Crippen LogP) is 5.63. The Balaban J connectivity index is 1.83. The first kappa shape index (κ1) is 13.4. The molecule has 20 heavy (non-hydrogen) atoms. The minimum Gasteiger partial charge on any atom is -0.0619 e. The number of hydrogen-bond acceptors (Lipinski definition) is 0. The van der Waals surface area contributed by atoms with Crippen molar-refractivity contribution in [1.82, 2.24) is 0 Å². The predicted molar refractivity (Wildman–Crippen MR) is 87.1 cm³/mol. The van der Waals surface area contributed by atoms with Crippen molar-refractivity contribution in [2.45, 2.75) is 46.5 Å². The average molecular weight is 264 g/mol. The number of fused-ring (bicyclic) bond motifs is 3. The fourth-order valence-corrected chi connectivity index (χ4v) is 3.27. The second-order valence-corrected chi connectivity index (χ2v) is 7.19. The van der Waals surface area contributed by atoms with Gasteiger partial charge in [-0.2, -0.15) is 0 Å². The Bertz CT molecular complexity index is 614. The third kappa shape index (κ3) is 2.65. The minimum atomic E-state index is 0.445. The van der Waals surface area contributed by atoms with Crippen LogP contribution in [0, 0.1) is 5.41 Å². The van der Waals surface area contributed by atoms with Crippen molar-refractivity contribution in [3.05, 3.63) is 59.2 Å². The molecular formula is C20H24. The molecule has 0 nitrogen and oxygen atoms in total. The molecule has 0 heteroatoms. The van der Waals surface area contributed by atoms with Crippen LogP contribution in [0.25, 0.3) is 11.1 Å². The maximum absolute atomic E-state index is 2.33. The molecule has 0 atom stereocenters. The summed E-state index contributed by atoms with van der Waals surface area (Å²) in [6.07, 6.45) is 4.92. The maximum Gasteiger partial charge on any atom is -0.00107 e. The van der Waals surface area contributed by atoms with Crippen molar-refractivity contribution in [3.63, 3.8) is 0 Å². The van der Waals surface area contributed by atoms with E-state index in [2.05, 4.69) is 63.2 Å². The van der Waals surface area contributed by atoms with Gasteiger partial charge in [0.25, 0.3) is 0 Å². The van der Waals surface area contributed by atoms with E-state index in [0.29, 0.717) is 5.41 Å². The van der Waals surface area contributed by atoms with E-state index in [4.69, 9.17) is 0 Å². The molecule has 0 heterocycles. The minimum absolute atomic E-state index is 0.445. The SMILES string of the molecule is CC(C)(C)CCCc1cccc2c1Cc1ccccc1-2. The monoisotopic (exact) mass is 264 g/mol. The molecule has 1 aliphatic rings. The fourth-order valence-electron chi connectivity index (χ4n) is 3.27. The molecule has 0 amide bonds. The highest BCUT2D eigenvalue weighted by Crippen LogP contribution is 2.38. The van der Waals surface area contributed by atoms with E-state index >= 15 is 0 Å². The Morgan fingerprint density at radius 2 is 1.65 bits per heavy atom. The van der Waals surface area contributed by atoms with Crippen LogP contribution in [0.1, 0.15) is 50.3 Å². The molecule has 0 bridgehead atoms. The first-order valence-corrected chi connectivity index (χ1v) is 7.74. The average Bonchev–Trinajstić information content (AvgIpc) is 2.77. The highest BCUT2D eigenvalue weighted by Gasteiger charge is 2.20. The molecule has 3 rings (SSSR count). The quantitative estimate of drug-likeness (QED) is 0.575. The Hall–Kier alpha value is -1.56. The fraction of sp³-hybridized carbons (Fsp3) is 0.400. The van der Waals surface area contributed by atoms with Gasteiger partial charge >= 0.3 is 0 Å².